The fourth-order valence-corrected chi connectivity index (χ4v) is 5.55. The van der Waals surface area contributed by atoms with Crippen LogP contribution < -0.4 is 10.0 Å². The SMILES string of the molecule is O=S(=O)(Nc1ccc2c(c1)NCC2)c1c(Cl)nc2n1CCS2. The van der Waals surface area contributed by atoms with Crippen LogP contribution in [-0.2, 0) is 23.0 Å². The van der Waals surface area contributed by atoms with Crippen LogP contribution in [-0.4, -0.2) is 30.3 Å². The third-order valence-electron chi connectivity index (χ3n) is 3.72. The lowest BCUT2D eigenvalue weighted by Crippen LogP contribution is -2.17. The van der Waals surface area contributed by atoms with Crippen molar-refractivity contribution in [2.75, 3.05) is 22.3 Å². The van der Waals surface area contributed by atoms with E-state index in [2.05, 4.69) is 15.0 Å². The third kappa shape index (κ3) is 2.26. The molecule has 116 valence electrons. The highest BCUT2D eigenvalue weighted by Gasteiger charge is 2.30. The number of imidazole rings is 1. The molecule has 2 aliphatic heterocycles. The average Bonchev–Trinajstić information content (AvgIpc) is 3.11. The van der Waals surface area contributed by atoms with Gasteiger partial charge >= 0.3 is 0 Å². The quantitative estimate of drug-likeness (QED) is 0.883. The lowest BCUT2D eigenvalue weighted by molar-refractivity contribution is 0.577. The minimum Gasteiger partial charge on any atom is -0.384 e. The van der Waals surface area contributed by atoms with E-state index in [0.29, 0.717) is 17.4 Å². The molecule has 2 aliphatic rings. The van der Waals surface area contributed by atoms with Gasteiger partial charge < -0.3 is 9.88 Å². The van der Waals surface area contributed by atoms with Gasteiger partial charge in [0.1, 0.15) is 0 Å². The first-order valence-electron chi connectivity index (χ1n) is 6.83. The van der Waals surface area contributed by atoms with Gasteiger partial charge in [-0.2, -0.15) is 8.42 Å². The van der Waals surface area contributed by atoms with Gasteiger partial charge in [-0.1, -0.05) is 29.4 Å². The Bertz CT molecular complexity index is 863. The van der Waals surface area contributed by atoms with Crippen molar-refractivity contribution < 1.29 is 8.42 Å². The number of nitrogens with zero attached hydrogens (tertiary/aromatic N) is 2. The van der Waals surface area contributed by atoms with E-state index in [4.69, 9.17) is 11.6 Å². The minimum absolute atomic E-state index is 0.0222. The van der Waals surface area contributed by atoms with Gasteiger partial charge in [-0.05, 0) is 24.1 Å². The monoisotopic (exact) mass is 356 g/mol. The first-order chi connectivity index (χ1) is 10.5. The molecule has 0 aliphatic carbocycles. The lowest BCUT2D eigenvalue weighted by Gasteiger charge is -2.11. The van der Waals surface area contributed by atoms with Crippen LogP contribution in [0.2, 0.25) is 5.15 Å². The van der Waals surface area contributed by atoms with Gasteiger partial charge in [0.15, 0.2) is 15.3 Å². The zero-order valence-corrected chi connectivity index (χ0v) is 13.9. The molecule has 22 heavy (non-hydrogen) atoms. The van der Waals surface area contributed by atoms with Crippen molar-refractivity contribution in [2.24, 2.45) is 0 Å². The highest BCUT2D eigenvalue weighted by molar-refractivity contribution is 7.99. The summed E-state index contributed by atoms with van der Waals surface area (Å²) in [6, 6.07) is 5.52. The molecule has 2 aromatic rings. The number of rotatable bonds is 3. The summed E-state index contributed by atoms with van der Waals surface area (Å²) in [4.78, 5) is 4.12. The Hall–Kier alpha value is -1.38. The second-order valence-corrected chi connectivity index (χ2v) is 8.16. The Kier molecular flexibility index (Phi) is 3.28. The Morgan fingerprint density at radius 1 is 1.41 bits per heavy atom. The van der Waals surface area contributed by atoms with Crippen LogP contribution in [0.3, 0.4) is 0 Å². The predicted octanol–water partition coefficient (Wildman–Crippen LogP) is 2.41. The van der Waals surface area contributed by atoms with Crippen molar-refractivity contribution in [3.05, 3.63) is 28.9 Å². The molecule has 0 fully saturated rings. The highest BCUT2D eigenvalue weighted by Crippen LogP contribution is 2.34. The van der Waals surface area contributed by atoms with Crippen LogP contribution in [0.15, 0.2) is 28.4 Å². The van der Waals surface area contributed by atoms with Crippen LogP contribution in [0.1, 0.15) is 5.56 Å². The van der Waals surface area contributed by atoms with E-state index >= 15 is 0 Å². The molecule has 0 saturated heterocycles. The molecule has 1 aromatic carbocycles. The molecule has 9 heteroatoms. The summed E-state index contributed by atoms with van der Waals surface area (Å²) in [5, 5.41) is 3.95. The van der Waals surface area contributed by atoms with Gasteiger partial charge in [-0.3, -0.25) is 4.72 Å². The van der Waals surface area contributed by atoms with Crippen molar-refractivity contribution in [1.29, 1.82) is 0 Å². The number of anilines is 2. The Labute approximate surface area is 137 Å². The maximum absolute atomic E-state index is 12.7. The second-order valence-electron chi connectivity index (χ2n) is 5.14. The van der Waals surface area contributed by atoms with Crippen LogP contribution in [0, 0.1) is 0 Å². The molecular formula is C13H13ClN4O2S2. The standard InChI is InChI=1S/C13H13ClN4O2S2/c14-11-12(18-5-6-21-13(18)16-11)22(19,20)17-9-2-1-8-3-4-15-10(8)7-9/h1-2,7,15,17H,3-6H2. The van der Waals surface area contributed by atoms with E-state index < -0.39 is 10.0 Å². The number of aromatic nitrogens is 2. The topological polar surface area (TPSA) is 76.0 Å². The molecule has 0 radical (unpaired) electrons. The number of halogens is 1. The van der Waals surface area contributed by atoms with Gasteiger partial charge in [-0.15, -0.1) is 0 Å². The first kappa shape index (κ1) is 14.2. The van der Waals surface area contributed by atoms with Crippen LogP contribution in [0.5, 0.6) is 0 Å². The largest absolute Gasteiger partial charge is 0.384 e. The fraction of sp³-hybridized carbons (Fsp3) is 0.308. The summed E-state index contributed by atoms with van der Waals surface area (Å²) in [6.45, 7) is 1.48. The Morgan fingerprint density at radius 2 is 2.27 bits per heavy atom. The normalized spacial score (nSPS) is 16.2. The van der Waals surface area contributed by atoms with Crippen LogP contribution in [0.25, 0.3) is 0 Å². The molecular weight excluding hydrogens is 344 g/mol. The molecule has 0 unspecified atom stereocenters. The summed E-state index contributed by atoms with van der Waals surface area (Å²) in [7, 11) is -3.77. The maximum atomic E-state index is 12.7. The van der Waals surface area contributed by atoms with Crippen molar-refractivity contribution in [3.8, 4) is 0 Å². The van der Waals surface area contributed by atoms with E-state index in [-0.39, 0.29) is 10.2 Å². The number of hydrogen-bond donors (Lipinski definition) is 2. The predicted molar refractivity (Wildman–Crippen MR) is 87.4 cm³/mol. The molecule has 6 nitrogen and oxygen atoms in total. The summed E-state index contributed by atoms with van der Waals surface area (Å²) < 4.78 is 29.6. The van der Waals surface area contributed by atoms with E-state index in [1.54, 1.807) is 10.6 Å². The van der Waals surface area contributed by atoms with Crippen molar-refractivity contribution >= 4 is 44.8 Å². The van der Waals surface area contributed by atoms with E-state index in [1.165, 1.54) is 17.3 Å². The summed E-state index contributed by atoms with van der Waals surface area (Å²) >= 11 is 7.54. The molecule has 4 rings (SSSR count). The average molecular weight is 357 g/mol. The van der Waals surface area contributed by atoms with E-state index in [0.717, 1.165) is 24.4 Å². The summed E-state index contributed by atoms with van der Waals surface area (Å²) in [5.74, 6) is 0.810. The van der Waals surface area contributed by atoms with Crippen molar-refractivity contribution in [3.63, 3.8) is 0 Å². The minimum atomic E-state index is -3.77. The van der Waals surface area contributed by atoms with Gasteiger partial charge in [0, 0.05) is 24.5 Å². The Morgan fingerprint density at radius 3 is 3.14 bits per heavy atom. The number of benzene rings is 1. The Balaban J connectivity index is 1.70. The van der Waals surface area contributed by atoms with Gasteiger partial charge in [0.2, 0.25) is 0 Å². The number of fused-ring (bicyclic) bond motifs is 2. The number of nitrogens with one attached hydrogen (secondary N) is 2. The van der Waals surface area contributed by atoms with E-state index in [9.17, 15) is 8.42 Å². The number of thioether (sulfide) groups is 1. The second kappa shape index (κ2) is 5.07. The molecule has 0 saturated carbocycles. The molecule has 0 bridgehead atoms. The molecule has 0 spiro atoms. The number of hydrogen-bond acceptors (Lipinski definition) is 5. The van der Waals surface area contributed by atoms with Crippen molar-refractivity contribution in [2.45, 2.75) is 23.1 Å². The fourth-order valence-electron chi connectivity index (χ4n) is 2.74. The molecule has 3 heterocycles. The summed E-state index contributed by atoms with van der Waals surface area (Å²) in [6.07, 6.45) is 0.960. The van der Waals surface area contributed by atoms with Crippen LogP contribution in [0.4, 0.5) is 11.4 Å². The highest BCUT2D eigenvalue weighted by atomic mass is 35.5. The molecule has 0 atom stereocenters. The van der Waals surface area contributed by atoms with Gasteiger partial charge in [-0.25, -0.2) is 4.98 Å². The van der Waals surface area contributed by atoms with Gasteiger partial charge in [0.25, 0.3) is 10.0 Å². The smallest absolute Gasteiger partial charge is 0.280 e. The van der Waals surface area contributed by atoms with E-state index in [1.807, 2.05) is 12.1 Å². The van der Waals surface area contributed by atoms with Gasteiger partial charge in [0.05, 0.1) is 5.69 Å². The van der Waals surface area contributed by atoms with Crippen LogP contribution >= 0.6 is 23.4 Å². The maximum Gasteiger partial charge on any atom is 0.280 e. The lowest BCUT2D eigenvalue weighted by atomic mass is 10.1. The molecule has 1 aromatic heterocycles. The zero-order chi connectivity index (χ0) is 15.3. The third-order valence-corrected chi connectivity index (χ3v) is 6.48. The molecule has 0 amide bonds. The molecule has 2 N–H and O–H groups in total. The first-order valence-corrected chi connectivity index (χ1v) is 9.68. The zero-order valence-electron chi connectivity index (χ0n) is 11.5. The summed E-state index contributed by atoms with van der Waals surface area (Å²) in [5.41, 5.74) is 2.69. The number of sulfonamides is 1. The van der Waals surface area contributed by atoms with Crippen molar-refractivity contribution in [1.82, 2.24) is 9.55 Å².